The number of hydrogen-bond donors (Lipinski definition) is 5. The molecule has 2 aromatic heterocycles. The second-order valence-corrected chi connectivity index (χ2v) is 13.2. The molecule has 4 heterocycles. The van der Waals surface area contributed by atoms with Crippen LogP contribution in [0.2, 0.25) is 0 Å². The Balaban J connectivity index is 0.803. The molecule has 1 saturated heterocycles. The van der Waals surface area contributed by atoms with Gasteiger partial charge in [0, 0.05) is 54.3 Å². The lowest BCUT2D eigenvalue weighted by atomic mass is 10.0. The van der Waals surface area contributed by atoms with E-state index in [1.807, 2.05) is 6.07 Å². The van der Waals surface area contributed by atoms with E-state index < -0.39 is 53.2 Å². The van der Waals surface area contributed by atoms with Gasteiger partial charge < -0.3 is 44.8 Å². The van der Waals surface area contributed by atoms with Gasteiger partial charge in [0.1, 0.15) is 17.6 Å². The van der Waals surface area contributed by atoms with Gasteiger partial charge in [0.25, 0.3) is 5.91 Å². The molecule has 1 unspecified atom stereocenters. The molecule has 0 bridgehead atoms. The summed E-state index contributed by atoms with van der Waals surface area (Å²) in [6.45, 7) is 4.35. The van der Waals surface area contributed by atoms with E-state index in [9.17, 15) is 41.1 Å². The summed E-state index contributed by atoms with van der Waals surface area (Å²) < 4.78 is 91.3. The Labute approximate surface area is 327 Å². The normalized spacial score (nSPS) is 16.0. The van der Waals surface area contributed by atoms with Gasteiger partial charge in [-0.1, -0.05) is 0 Å². The van der Waals surface area contributed by atoms with Gasteiger partial charge in [0.15, 0.2) is 17.4 Å². The molecule has 0 saturated carbocycles. The number of aryl methyl sites for hydroxylation is 1. The second-order valence-electron chi connectivity index (χ2n) is 13.2. The number of hydrogen-bond acceptors (Lipinski definition) is 12. The number of piperidine rings is 1. The number of halogens is 5. The molecule has 5 N–H and O–H groups in total. The third kappa shape index (κ3) is 10.3. The van der Waals surface area contributed by atoms with Crippen LogP contribution in [0.15, 0.2) is 47.1 Å². The van der Waals surface area contributed by atoms with Crippen molar-refractivity contribution in [2.45, 2.75) is 44.6 Å². The quantitative estimate of drug-likeness (QED) is 0.0534. The Kier molecular flexibility index (Phi) is 13.3. The number of anilines is 3. The first-order valence-electron chi connectivity index (χ1n) is 18.1. The van der Waals surface area contributed by atoms with Crippen LogP contribution in [-0.4, -0.2) is 104 Å². The molecular weight excluding hydrogens is 779 g/mol. The summed E-state index contributed by atoms with van der Waals surface area (Å²) in [6, 6.07) is 2.11. The van der Waals surface area contributed by atoms with Crippen LogP contribution in [0.25, 0.3) is 11.0 Å². The summed E-state index contributed by atoms with van der Waals surface area (Å²) in [6.07, 6.45) is -2.19. The van der Waals surface area contributed by atoms with E-state index in [1.165, 1.54) is 24.2 Å². The number of amides is 5. The molecule has 0 radical (unpaired) electrons. The van der Waals surface area contributed by atoms with Crippen LogP contribution in [0, 0.1) is 18.6 Å². The minimum atomic E-state index is -5.04. The number of carbonyl (C=O) groups excluding carboxylic acids is 4. The van der Waals surface area contributed by atoms with Crippen molar-refractivity contribution < 1.29 is 59.8 Å². The summed E-state index contributed by atoms with van der Waals surface area (Å²) in [5.41, 5.74) is 1.38. The minimum Gasteiger partial charge on any atom is -0.455 e. The number of furan rings is 1. The highest BCUT2D eigenvalue weighted by Crippen LogP contribution is 2.39. The van der Waals surface area contributed by atoms with Crippen molar-refractivity contribution >= 4 is 52.0 Å². The molecular formula is C37H39F5N8O8. The lowest BCUT2D eigenvalue weighted by molar-refractivity contribution is -0.158. The predicted molar refractivity (Wildman–Crippen MR) is 196 cm³/mol. The largest absolute Gasteiger partial charge is 0.455 e. The molecule has 2 aliphatic rings. The number of ether oxygens (including phenoxy) is 3. The zero-order valence-corrected chi connectivity index (χ0v) is 31.0. The number of imide groups is 1. The van der Waals surface area contributed by atoms with Gasteiger partial charge in [-0.15, -0.1) is 0 Å². The molecule has 5 amide bonds. The SMILES string of the molecule is Cc1c([C@@H](NC(=O)Nc2cnc(NCCOCCOCCOCCNc3ccc4c(c3)CN(C3CCC(=O)NC3=O)C4=O)nc2)C(F)(F)F)oc2c(F)cc(F)cc12. The van der Waals surface area contributed by atoms with Crippen molar-refractivity contribution in [3.63, 3.8) is 0 Å². The van der Waals surface area contributed by atoms with Crippen molar-refractivity contribution in [1.82, 2.24) is 25.5 Å². The van der Waals surface area contributed by atoms with E-state index in [-0.39, 0.29) is 47.4 Å². The number of nitrogens with zero attached hydrogens (tertiary/aromatic N) is 3. The molecule has 21 heteroatoms. The fourth-order valence-electron chi connectivity index (χ4n) is 6.34. The van der Waals surface area contributed by atoms with Crippen molar-refractivity contribution in [3.05, 3.63) is 76.8 Å². The van der Waals surface area contributed by atoms with Crippen molar-refractivity contribution in [2.24, 2.45) is 0 Å². The molecule has 1 fully saturated rings. The second kappa shape index (κ2) is 18.6. The first-order valence-corrected chi connectivity index (χ1v) is 18.1. The maximum Gasteiger partial charge on any atom is 0.416 e. The number of alkyl halides is 3. The van der Waals surface area contributed by atoms with E-state index >= 15 is 0 Å². The Hall–Kier alpha value is -5.93. The predicted octanol–water partition coefficient (Wildman–Crippen LogP) is 4.57. The zero-order valence-electron chi connectivity index (χ0n) is 31.0. The van der Waals surface area contributed by atoms with Crippen LogP contribution in [0.1, 0.15) is 46.1 Å². The van der Waals surface area contributed by atoms with Gasteiger partial charge in [-0.3, -0.25) is 19.7 Å². The highest BCUT2D eigenvalue weighted by atomic mass is 19.4. The number of urea groups is 1. The van der Waals surface area contributed by atoms with Crippen LogP contribution in [0.4, 0.5) is 44.1 Å². The van der Waals surface area contributed by atoms with Gasteiger partial charge in [-0.05, 0) is 43.2 Å². The molecule has 16 nitrogen and oxygen atoms in total. The van der Waals surface area contributed by atoms with Crippen LogP contribution in [0.5, 0.6) is 0 Å². The highest BCUT2D eigenvalue weighted by Gasteiger charge is 2.46. The zero-order chi connectivity index (χ0) is 41.4. The molecule has 2 atom stereocenters. The fraction of sp³-hybridized carbons (Fsp3) is 0.405. The Morgan fingerprint density at radius 2 is 1.62 bits per heavy atom. The maximum absolute atomic E-state index is 14.1. The average molecular weight is 819 g/mol. The Morgan fingerprint density at radius 1 is 0.948 bits per heavy atom. The van der Waals surface area contributed by atoms with Gasteiger partial charge in [-0.25, -0.2) is 23.5 Å². The summed E-state index contributed by atoms with van der Waals surface area (Å²) in [5, 5.41) is 12.2. The van der Waals surface area contributed by atoms with Crippen molar-refractivity contribution in [3.8, 4) is 0 Å². The van der Waals surface area contributed by atoms with Crippen molar-refractivity contribution in [2.75, 3.05) is 68.7 Å². The van der Waals surface area contributed by atoms with Crippen LogP contribution >= 0.6 is 0 Å². The Morgan fingerprint density at radius 3 is 2.29 bits per heavy atom. The summed E-state index contributed by atoms with van der Waals surface area (Å²) in [7, 11) is 0. The topological polar surface area (TPSA) is 198 Å². The number of fused-ring (bicyclic) bond motifs is 2. The molecule has 4 aromatic rings. The third-order valence-electron chi connectivity index (χ3n) is 9.14. The summed E-state index contributed by atoms with van der Waals surface area (Å²) in [4.78, 5) is 58.6. The number of nitrogens with one attached hydrogen (secondary N) is 5. The maximum atomic E-state index is 14.1. The Bertz CT molecular complexity index is 2130. The molecule has 58 heavy (non-hydrogen) atoms. The lowest BCUT2D eigenvalue weighted by Crippen LogP contribution is -2.52. The highest BCUT2D eigenvalue weighted by molar-refractivity contribution is 6.05. The van der Waals surface area contributed by atoms with E-state index in [2.05, 4.69) is 31.2 Å². The number of benzene rings is 2. The molecule has 2 aliphatic heterocycles. The van der Waals surface area contributed by atoms with Gasteiger partial charge in [0.05, 0.1) is 57.7 Å². The summed E-state index contributed by atoms with van der Waals surface area (Å²) in [5.74, 6) is -3.81. The average Bonchev–Trinajstić information content (AvgIpc) is 3.67. The number of carbonyl (C=O) groups is 4. The monoisotopic (exact) mass is 818 g/mol. The third-order valence-corrected chi connectivity index (χ3v) is 9.14. The van der Waals surface area contributed by atoms with E-state index in [1.54, 1.807) is 17.4 Å². The molecule has 6 rings (SSSR count). The number of rotatable bonds is 18. The van der Waals surface area contributed by atoms with Crippen LogP contribution in [-0.2, 0) is 30.3 Å². The van der Waals surface area contributed by atoms with Gasteiger partial charge in [0.2, 0.25) is 17.8 Å². The first kappa shape index (κ1) is 41.7. The van der Waals surface area contributed by atoms with Gasteiger partial charge in [-0.2, -0.15) is 13.2 Å². The van der Waals surface area contributed by atoms with E-state index in [4.69, 9.17) is 18.6 Å². The van der Waals surface area contributed by atoms with Crippen LogP contribution < -0.4 is 26.6 Å². The molecule has 2 aromatic carbocycles. The smallest absolute Gasteiger partial charge is 0.416 e. The van der Waals surface area contributed by atoms with Crippen molar-refractivity contribution in [1.29, 1.82) is 0 Å². The number of aromatic nitrogens is 2. The standard InChI is InChI=1S/C37H39F5N8O8/c1-20-26-15-22(38)16-27(39)31(26)58-30(20)32(37(40,41)42)49-36(54)47-24-17-45-35(46-18-24)44-7-9-56-11-13-57-12-10-55-8-6-43-23-2-3-25-21(14-23)19-50(34(25)53)28-4-5-29(51)48-33(28)52/h2-3,14-18,28,32,43H,4-13,19H2,1H3,(H,44,45,46)(H2,47,49,54)(H,48,51,52)/t28?,32-/m1/s1. The summed E-state index contributed by atoms with van der Waals surface area (Å²) >= 11 is 0. The first-order chi connectivity index (χ1) is 27.8. The van der Waals surface area contributed by atoms with E-state index in [0.717, 1.165) is 17.3 Å². The van der Waals surface area contributed by atoms with Crippen LogP contribution in [0.3, 0.4) is 0 Å². The molecule has 310 valence electrons. The van der Waals surface area contributed by atoms with Gasteiger partial charge >= 0.3 is 12.2 Å². The minimum absolute atomic E-state index is 0.0218. The molecule has 0 aliphatic carbocycles. The lowest BCUT2D eigenvalue weighted by Gasteiger charge is -2.29. The fourth-order valence-corrected chi connectivity index (χ4v) is 6.34. The molecule has 0 spiro atoms. The van der Waals surface area contributed by atoms with E-state index in [0.29, 0.717) is 70.7 Å².